The third-order valence-electron chi connectivity index (χ3n) is 4.01. The van der Waals surface area contributed by atoms with Crippen molar-refractivity contribution in [2.45, 2.75) is 46.7 Å². The normalized spacial score (nSPS) is 12.2. The Hall–Kier alpha value is -2.12. The Bertz CT molecular complexity index is 649. The van der Waals surface area contributed by atoms with Gasteiger partial charge >= 0.3 is 18.1 Å². The van der Waals surface area contributed by atoms with E-state index < -0.39 is 40.7 Å². The van der Waals surface area contributed by atoms with Gasteiger partial charge in [0, 0.05) is 0 Å². The van der Waals surface area contributed by atoms with Crippen molar-refractivity contribution in [3.05, 3.63) is 29.6 Å². The Labute approximate surface area is 149 Å². The van der Waals surface area contributed by atoms with Gasteiger partial charge in [-0.3, -0.25) is 9.59 Å². The van der Waals surface area contributed by atoms with Crippen LogP contribution in [-0.4, -0.2) is 18.5 Å². The molecule has 4 nitrogen and oxygen atoms in total. The van der Waals surface area contributed by atoms with Gasteiger partial charge in [0.05, 0.1) is 12.2 Å². The molecule has 0 bridgehead atoms. The number of alkyl halides is 3. The average molecular weight is 378 g/mol. The standard InChI is InChI=1S/C18H22F4O4/c1-5-17(6-2,15(23)25-10-11(3)4)16(24)26-13-9-7-8-12(14(13)19)18(20,21)22/h7-9,11H,5-6,10H2,1-4H3. The minimum absolute atomic E-state index is 0.000156. The summed E-state index contributed by atoms with van der Waals surface area (Å²) in [5, 5.41) is 0. The molecule has 26 heavy (non-hydrogen) atoms. The first-order chi connectivity index (χ1) is 12.0. The van der Waals surface area contributed by atoms with Crippen molar-refractivity contribution in [2.24, 2.45) is 11.3 Å². The summed E-state index contributed by atoms with van der Waals surface area (Å²) in [6.07, 6.45) is -4.94. The molecule has 0 unspecified atom stereocenters. The largest absolute Gasteiger partial charge is 0.465 e. The lowest BCUT2D eigenvalue weighted by atomic mass is 9.82. The number of rotatable bonds is 7. The molecular weight excluding hydrogens is 356 g/mol. The molecule has 0 fully saturated rings. The first kappa shape index (κ1) is 21.9. The van der Waals surface area contributed by atoms with Crippen molar-refractivity contribution in [2.75, 3.05) is 6.61 Å². The Morgan fingerprint density at radius 3 is 2.12 bits per heavy atom. The van der Waals surface area contributed by atoms with Gasteiger partial charge in [-0.15, -0.1) is 0 Å². The van der Waals surface area contributed by atoms with E-state index in [-0.39, 0.29) is 25.4 Å². The molecule has 0 aliphatic carbocycles. The maximum Gasteiger partial charge on any atom is 0.419 e. The van der Waals surface area contributed by atoms with Crippen LogP contribution in [0.15, 0.2) is 18.2 Å². The quantitative estimate of drug-likeness (QED) is 0.297. The van der Waals surface area contributed by atoms with Gasteiger partial charge in [-0.05, 0) is 30.9 Å². The van der Waals surface area contributed by atoms with Gasteiger partial charge in [-0.1, -0.05) is 33.8 Å². The van der Waals surface area contributed by atoms with Crippen molar-refractivity contribution in [1.82, 2.24) is 0 Å². The second-order valence-corrected chi connectivity index (χ2v) is 6.29. The number of benzene rings is 1. The first-order valence-corrected chi connectivity index (χ1v) is 8.24. The highest BCUT2D eigenvalue weighted by Gasteiger charge is 2.47. The number of esters is 2. The fourth-order valence-electron chi connectivity index (χ4n) is 2.30. The molecule has 0 saturated heterocycles. The Morgan fingerprint density at radius 1 is 1.08 bits per heavy atom. The van der Waals surface area contributed by atoms with Gasteiger partial charge in [0.2, 0.25) is 0 Å². The highest BCUT2D eigenvalue weighted by Crippen LogP contribution is 2.36. The molecule has 0 spiro atoms. The molecule has 0 aromatic heterocycles. The minimum Gasteiger partial charge on any atom is -0.465 e. The predicted molar refractivity (Wildman–Crippen MR) is 85.8 cm³/mol. The van der Waals surface area contributed by atoms with Crippen LogP contribution in [0.1, 0.15) is 46.1 Å². The Morgan fingerprint density at radius 2 is 1.65 bits per heavy atom. The lowest BCUT2D eigenvalue weighted by Crippen LogP contribution is -2.43. The molecule has 1 aromatic rings. The van der Waals surface area contributed by atoms with Crippen molar-refractivity contribution in [1.29, 1.82) is 0 Å². The van der Waals surface area contributed by atoms with Crippen LogP contribution in [0.2, 0.25) is 0 Å². The highest BCUT2D eigenvalue weighted by atomic mass is 19.4. The summed E-state index contributed by atoms with van der Waals surface area (Å²) < 4.78 is 62.4. The molecule has 0 saturated carbocycles. The summed E-state index contributed by atoms with van der Waals surface area (Å²) in [6, 6.07) is 2.36. The smallest absolute Gasteiger partial charge is 0.419 e. The minimum atomic E-state index is -4.94. The van der Waals surface area contributed by atoms with Crippen molar-refractivity contribution in [3.63, 3.8) is 0 Å². The van der Waals surface area contributed by atoms with Crippen LogP contribution >= 0.6 is 0 Å². The van der Waals surface area contributed by atoms with Crippen LogP contribution < -0.4 is 4.74 Å². The number of hydrogen-bond donors (Lipinski definition) is 0. The fraction of sp³-hybridized carbons (Fsp3) is 0.556. The van der Waals surface area contributed by atoms with Crippen LogP contribution in [0.4, 0.5) is 17.6 Å². The SMILES string of the molecule is CCC(CC)(C(=O)OCC(C)C)C(=O)Oc1cccc(C(F)(F)F)c1F. The lowest BCUT2D eigenvalue weighted by molar-refractivity contribution is -0.169. The molecule has 0 N–H and O–H groups in total. The second kappa shape index (κ2) is 8.51. The van der Waals surface area contributed by atoms with Crippen LogP contribution in [0.3, 0.4) is 0 Å². The van der Waals surface area contributed by atoms with Crippen LogP contribution in [0.25, 0.3) is 0 Å². The van der Waals surface area contributed by atoms with Crippen LogP contribution in [0.5, 0.6) is 5.75 Å². The second-order valence-electron chi connectivity index (χ2n) is 6.29. The molecule has 0 atom stereocenters. The number of ether oxygens (including phenoxy) is 2. The zero-order valence-electron chi connectivity index (χ0n) is 15.1. The van der Waals surface area contributed by atoms with E-state index in [2.05, 4.69) is 0 Å². The maximum absolute atomic E-state index is 14.1. The lowest BCUT2D eigenvalue weighted by Gasteiger charge is -2.27. The summed E-state index contributed by atoms with van der Waals surface area (Å²) in [5.41, 5.74) is -3.26. The van der Waals surface area contributed by atoms with Gasteiger partial charge in [0.1, 0.15) is 0 Å². The third-order valence-corrected chi connectivity index (χ3v) is 4.01. The molecule has 0 amide bonds. The summed E-state index contributed by atoms with van der Waals surface area (Å²) in [6.45, 7) is 6.78. The maximum atomic E-state index is 14.1. The summed E-state index contributed by atoms with van der Waals surface area (Å²) in [7, 11) is 0. The first-order valence-electron chi connectivity index (χ1n) is 8.24. The van der Waals surface area contributed by atoms with Gasteiger partial charge < -0.3 is 9.47 Å². The monoisotopic (exact) mass is 378 g/mol. The van der Waals surface area contributed by atoms with Crippen molar-refractivity contribution < 1.29 is 36.6 Å². The van der Waals surface area contributed by atoms with Gasteiger partial charge in [0.25, 0.3) is 0 Å². The molecule has 146 valence electrons. The summed E-state index contributed by atoms with van der Waals surface area (Å²) in [5.74, 6) is -4.54. The Balaban J connectivity index is 3.14. The molecular formula is C18H22F4O4. The van der Waals surface area contributed by atoms with Crippen molar-refractivity contribution in [3.8, 4) is 5.75 Å². The van der Waals surface area contributed by atoms with E-state index in [0.29, 0.717) is 6.07 Å². The van der Waals surface area contributed by atoms with Crippen LogP contribution in [0, 0.1) is 17.2 Å². The van der Waals surface area contributed by atoms with E-state index in [9.17, 15) is 27.2 Å². The zero-order valence-corrected chi connectivity index (χ0v) is 15.1. The molecule has 1 aromatic carbocycles. The Kier molecular flexibility index (Phi) is 7.17. The average Bonchev–Trinajstić information content (AvgIpc) is 2.55. The van der Waals surface area contributed by atoms with E-state index in [1.165, 1.54) is 0 Å². The third kappa shape index (κ3) is 4.74. The van der Waals surface area contributed by atoms with E-state index in [1.54, 1.807) is 13.8 Å². The number of carbonyl (C=O) groups is 2. The molecule has 0 heterocycles. The molecule has 0 aliphatic rings. The fourth-order valence-corrected chi connectivity index (χ4v) is 2.30. The number of halogens is 4. The van der Waals surface area contributed by atoms with Crippen molar-refractivity contribution >= 4 is 11.9 Å². The van der Waals surface area contributed by atoms with Gasteiger partial charge in [-0.25, -0.2) is 4.39 Å². The predicted octanol–water partition coefficient (Wildman–Crippen LogP) is 4.76. The van der Waals surface area contributed by atoms with Gasteiger partial charge in [-0.2, -0.15) is 13.2 Å². The van der Waals surface area contributed by atoms with E-state index in [1.807, 2.05) is 13.8 Å². The van der Waals surface area contributed by atoms with E-state index in [4.69, 9.17) is 9.47 Å². The highest BCUT2D eigenvalue weighted by molar-refractivity contribution is 6.00. The zero-order chi connectivity index (χ0) is 20.1. The summed E-state index contributed by atoms with van der Waals surface area (Å²) >= 11 is 0. The molecule has 8 heteroatoms. The van der Waals surface area contributed by atoms with E-state index in [0.717, 1.165) is 12.1 Å². The molecule has 0 radical (unpaired) electrons. The molecule has 0 aliphatic heterocycles. The number of carbonyl (C=O) groups excluding carboxylic acids is 2. The van der Waals surface area contributed by atoms with Crippen LogP contribution in [-0.2, 0) is 20.5 Å². The molecule has 1 rings (SSSR count). The topological polar surface area (TPSA) is 52.6 Å². The summed E-state index contributed by atoms with van der Waals surface area (Å²) in [4.78, 5) is 24.9. The van der Waals surface area contributed by atoms with E-state index >= 15 is 0 Å². The number of hydrogen-bond acceptors (Lipinski definition) is 4. The van der Waals surface area contributed by atoms with Gasteiger partial charge in [0.15, 0.2) is 17.0 Å².